The summed E-state index contributed by atoms with van der Waals surface area (Å²) in [6, 6.07) is 16.3. The number of halogens is 1. The molecule has 0 fully saturated rings. The van der Waals surface area contributed by atoms with Gasteiger partial charge in [0.05, 0.1) is 0 Å². The lowest BCUT2D eigenvalue weighted by Crippen LogP contribution is -2.24. The molecule has 0 radical (unpaired) electrons. The molecule has 0 heterocycles. The highest BCUT2D eigenvalue weighted by Crippen LogP contribution is 2.11. The fourth-order valence-electron chi connectivity index (χ4n) is 2.77. The molecule has 2 nitrogen and oxygen atoms in total. The lowest BCUT2D eigenvalue weighted by Gasteiger charge is -2.20. The molecule has 0 saturated carbocycles. The summed E-state index contributed by atoms with van der Waals surface area (Å²) in [5.74, 6) is -0.198. The van der Waals surface area contributed by atoms with E-state index in [1.165, 1.54) is 17.7 Å². The van der Waals surface area contributed by atoms with Crippen LogP contribution in [0.25, 0.3) is 0 Å². The van der Waals surface area contributed by atoms with Gasteiger partial charge in [0.25, 0.3) is 0 Å². The van der Waals surface area contributed by atoms with Crippen molar-refractivity contribution in [2.45, 2.75) is 39.2 Å². The van der Waals surface area contributed by atoms with Crippen LogP contribution in [0.1, 0.15) is 48.5 Å². The number of hydrogen-bond acceptors (Lipinski definition) is 2. The van der Waals surface area contributed by atoms with Crippen LogP contribution >= 0.6 is 0 Å². The van der Waals surface area contributed by atoms with Gasteiger partial charge in [-0.1, -0.05) is 43.7 Å². The van der Waals surface area contributed by atoms with Crippen molar-refractivity contribution in [3.8, 4) is 0 Å². The first-order valence-electron chi connectivity index (χ1n) is 8.74. The molecule has 128 valence electrons. The summed E-state index contributed by atoms with van der Waals surface area (Å²) >= 11 is 0. The maximum absolute atomic E-state index is 12.9. The quantitative estimate of drug-likeness (QED) is 0.447. The van der Waals surface area contributed by atoms with Gasteiger partial charge in [0.1, 0.15) is 5.82 Å². The van der Waals surface area contributed by atoms with Crippen molar-refractivity contribution >= 4 is 5.78 Å². The van der Waals surface area contributed by atoms with Gasteiger partial charge in [-0.2, -0.15) is 0 Å². The minimum atomic E-state index is -0.301. The summed E-state index contributed by atoms with van der Waals surface area (Å²) in [7, 11) is 0. The van der Waals surface area contributed by atoms with Gasteiger partial charge in [-0.25, -0.2) is 4.39 Å². The van der Waals surface area contributed by atoms with E-state index >= 15 is 0 Å². The summed E-state index contributed by atoms with van der Waals surface area (Å²) < 4.78 is 12.9. The maximum Gasteiger partial charge on any atom is 0.162 e. The summed E-state index contributed by atoms with van der Waals surface area (Å²) in [4.78, 5) is 14.4. The molecular weight excluding hydrogens is 301 g/mol. The highest BCUT2D eigenvalue weighted by Gasteiger charge is 2.07. The first-order valence-corrected chi connectivity index (χ1v) is 8.74. The Morgan fingerprint density at radius 1 is 0.958 bits per heavy atom. The van der Waals surface area contributed by atoms with Crippen LogP contribution in [0.5, 0.6) is 0 Å². The SMILES string of the molecule is CCN(CCCCCC(=O)c1ccc(F)cc1)Cc1ccccc1. The average Bonchev–Trinajstić information content (AvgIpc) is 2.61. The molecule has 0 spiro atoms. The molecule has 0 saturated heterocycles. The number of Topliss-reactive ketones (excluding diaryl/α,β-unsaturated/α-hetero) is 1. The van der Waals surface area contributed by atoms with Crippen LogP contribution in [-0.4, -0.2) is 23.8 Å². The lowest BCUT2D eigenvalue weighted by atomic mass is 10.0. The van der Waals surface area contributed by atoms with Crippen LogP contribution in [-0.2, 0) is 6.54 Å². The second-order valence-corrected chi connectivity index (χ2v) is 6.10. The van der Waals surface area contributed by atoms with Crippen molar-refractivity contribution in [1.82, 2.24) is 4.90 Å². The molecule has 0 amide bonds. The predicted molar refractivity (Wildman–Crippen MR) is 96.6 cm³/mol. The number of carbonyl (C=O) groups is 1. The van der Waals surface area contributed by atoms with Gasteiger partial charge in [-0.3, -0.25) is 9.69 Å². The fourth-order valence-corrected chi connectivity index (χ4v) is 2.77. The van der Waals surface area contributed by atoms with Gasteiger partial charge in [-0.15, -0.1) is 0 Å². The van der Waals surface area contributed by atoms with Crippen LogP contribution in [0, 0.1) is 5.82 Å². The van der Waals surface area contributed by atoms with Crippen LogP contribution in [0.4, 0.5) is 4.39 Å². The van der Waals surface area contributed by atoms with Crippen LogP contribution in [0.15, 0.2) is 54.6 Å². The molecule has 24 heavy (non-hydrogen) atoms. The number of hydrogen-bond donors (Lipinski definition) is 0. The second kappa shape index (κ2) is 9.99. The number of unbranched alkanes of at least 4 members (excludes halogenated alkanes) is 2. The zero-order chi connectivity index (χ0) is 17.2. The van der Waals surface area contributed by atoms with E-state index < -0.39 is 0 Å². The molecule has 0 atom stereocenters. The molecule has 0 bridgehead atoms. The van der Waals surface area contributed by atoms with Gasteiger partial charge < -0.3 is 0 Å². The third-order valence-corrected chi connectivity index (χ3v) is 4.24. The van der Waals surface area contributed by atoms with Crippen molar-refractivity contribution < 1.29 is 9.18 Å². The van der Waals surface area contributed by atoms with Crippen molar-refractivity contribution in [3.05, 3.63) is 71.5 Å². The van der Waals surface area contributed by atoms with Gasteiger partial charge >= 0.3 is 0 Å². The fraction of sp³-hybridized carbons (Fsp3) is 0.381. The zero-order valence-electron chi connectivity index (χ0n) is 14.4. The summed E-state index contributed by atoms with van der Waals surface area (Å²) in [6.45, 7) is 5.24. The van der Waals surface area contributed by atoms with E-state index in [0.29, 0.717) is 12.0 Å². The molecule has 3 heteroatoms. The van der Waals surface area contributed by atoms with Crippen molar-refractivity contribution in [1.29, 1.82) is 0 Å². The Morgan fingerprint density at radius 3 is 2.33 bits per heavy atom. The minimum Gasteiger partial charge on any atom is -0.299 e. The summed E-state index contributed by atoms with van der Waals surface area (Å²) in [5.41, 5.74) is 1.95. The summed E-state index contributed by atoms with van der Waals surface area (Å²) in [6.07, 6.45) is 3.56. The molecular formula is C21H26FNO. The van der Waals surface area contributed by atoms with E-state index in [1.807, 2.05) is 6.07 Å². The maximum atomic E-state index is 12.9. The Hall–Kier alpha value is -2.00. The van der Waals surface area contributed by atoms with E-state index in [1.54, 1.807) is 12.1 Å². The smallest absolute Gasteiger partial charge is 0.162 e. The first-order chi connectivity index (χ1) is 11.7. The molecule has 2 aromatic carbocycles. The Morgan fingerprint density at radius 2 is 1.67 bits per heavy atom. The van der Waals surface area contributed by atoms with Crippen LogP contribution in [0.3, 0.4) is 0 Å². The largest absolute Gasteiger partial charge is 0.299 e. The van der Waals surface area contributed by atoms with E-state index in [2.05, 4.69) is 36.1 Å². The molecule has 0 aliphatic carbocycles. The third-order valence-electron chi connectivity index (χ3n) is 4.24. The second-order valence-electron chi connectivity index (χ2n) is 6.10. The van der Waals surface area contributed by atoms with Crippen molar-refractivity contribution in [3.63, 3.8) is 0 Å². The van der Waals surface area contributed by atoms with E-state index in [-0.39, 0.29) is 11.6 Å². The first kappa shape index (κ1) is 18.3. The summed E-state index contributed by atoms with van der Waals surface area (Å²) in [5, 5.41) is 0. The Labute approximate surface area is 144 Å². The van der Waals surface area contributed by atoms with E-state index in [9.17, 15) is 9.18 Å². The Bertz CT molecular complexity index is 609. The predicted octanol–water partition coefficient (Wildman–Crippen LogP) is 5.09. The molecule has 0 aliphatic rings. The van der Waals surface area contributed by atoms with Crippen LogP contribution < -0.4 is 0 Å². The molecule has 2 aromatic rings. The van der Waals surface area contributed by atoms with E-state index in [0.717, 1.165) is 38.9 Å². The van der Waals surface area contributed by atoms with Crippen molar-refractivity contribution in [2.75, 3.05) is 13.1 Å². The normalized spacial score (nSPS) is 11.0. The van der Waals surface area contributed by atoms with Crippen LogP contribution in [0.2, 0.25) is 0 Å². The van der Waals surface area contributed by atoms with Gasteiger partial charge in [0.2, 0.25) is 0 Å². The highest BCUT2D eigenvalue weighted by atomic mass is 19.1. The van der Waals surface area contributed by atoms with Gasteiger partial charge in [0, 0.05) is 18.5 Å². The molecule has 0 aromatic heterocycles. The van der Waals surface area contributed by atoms with E-state index in [4.69, 9.17) is 0 Å². The monoisotopic (exact) mass is 327 g/mol. The van der Waals surface area contributed by atoms with Gasteiger partial charge in [-0.05, 0) is 55.8 Å². The zero-order valence-corrected chi connectivity index (χ0v) is 14.4. The number of benzene rings is 2. The molecule has 0 aliphatic heterocycles. The molecule has 0 unspecified atom stereocenters. The standard InChI is InChI=1S/C21H26FNO/c1-2-23(17-18-9-5-3-6-10-18)16-8-4-7-11-21(24)19-12-14-20(22)15-13-19/h3,5-6,9-10,12-15H,2,4,7-8,11,16-17H2,1H3. The van der Waals surface area contributed by atoms with Crippen molar-refractivity contribution in [2.24, 2.45) is 0 Å². The third kappa shape index (κ3) is 6.25. The van der Waals surface area contributed by atoms with Gasteiger partial charge in [0.15, 0.2) is 5.78 Å². The number of nitrogens with zero attached hydrogens (tertiary/aromatic N) is 1. The minimum absolute atomic E-state index is 0.103. The topological polar surface area (TPSA) is 20.3 Å². The Kier molecular flexibility index (Phi) is 7.63. The lowest BCUT2D eigenvalue weighted by molar-refractivity contribution is 0.0978. The Balaban J connectivity index is 1.64. The number of rotatable bonds is 10. The average molecular weight is 327 g/mol. The molecule has 0 N–H and O–H groups in total. The number of carbonyl (C=O) groups excluding carboxylic acids is 1. The number of ketones is 1. The molecule has 2 rings (SSSR count). The highest BCUT2D eigenvalue weighted by molar-refractivity contribution is 5.95.